The van der Waals surface area contributed by atoms with Crippen LogP contribution in [0.15, 0.2) is 24.3 Å². The Morgan fingerprint density at radius 2 is 1.90 bits per heavy atom. The summed E-state index contributed by atoms with van der Waals surface area (Å²) >= 11 is 0. The predicted octanol–water partition coefficient (Wildman–Crippen LogP) is 0.692. The maximum absolute atomic E-state index is 11.9. The summed E-state index contributed by atoms with van der Waals surface area (Å²) < 4.78 is 0. The molecule has 1 rings (SSSR count). The van der Waals surface area contributed by atoms with Crippen LogP contribution in [0.4, 0.5) is 0 Å². The first kappa shape index (κ1) is 15.2. The zero-order valence-electron chi connectivity index (χ0n) is 11.0. The predicted molar refractivity (Wildman–Crippen MR) is 71.0 cm³/mol. The van der Waals surface area contributed by atoms with E-state index in [2.05, 4.69) is 5.32 Å². The number of carbonyl (C=O) groups is 2. The number of nitrogens with one attached hydrogen (secondary N) is 1. The Labute approximate surface area is 116 Å². The quantitative estimate of drug-likeness (QED) is 0.817. The summed E-state index contributed by atoms with van der Waals surface area (Å²) in [5, 5.41) is 19.9. The monoisotopic (exact) mass is 270 g/mol. The lowest BCUT2D eigenvalue weighted by molar-refractivity contribution is -0.120. The van der Waals surface area contributed by atoms with Gasteiger partial charge in [-0.1, -0.05) is 0 Å². The summed E-state index contributed by atoms with van der Waals surface area (Å²) in [5.41, 5.74) is 5.96. The van der Waals surface area contributed by atoms with Gasteiger partial charge in [0.05, 0.1) is 17.7 Å². The molecule has 0 saturated heterocycles. The number of primary amides is 1. The van der Waals surface area contributed by atoms with Crippen LogP contribution in [0.25, 0.3) is 0 Å². The van der Waals surface area contributed by atoms with Crippen molar-refractivity contribution in [1.29, 1.82) is 10.5 Å². The molecule has 0 aliphatic carbocycles. The van der Waals surface area contributed by atoms with Gasteiger partial charge in [0.25, 0.3) is 5.91 Å². The average Bonchev–Trinajstić information content (AvgIpc) is 2.46. The van der Waals surface area contributed by atoms with Crippen LogP contribution in [-0.2, 0) is 4.79 Å². The van der Waals surface area contributed by atoms with E-state index in [1.807, 2.05) is 12.1 Å². The van der Waals surface area contributed by atoms with Gasteiger partial charge in [-0.25, -0.2) is 0 Å². The third kappa shape index (κ3) is 4.11. The fraction of sp³-hybridized carbons (Fsp3) is 0.286. The van der Waals surface area contributed by atoms with E-state index in [0.29, 0.717) is 11.1 Å². The molecule has 0 aromatic heterocycles. The minimum atomic E-state index is -0.896. The third-order valence-corrected chi connectivity index (χ3v) is 2.73. The molecule has 0 radical (unpaired) electrons. The van der Waals surface area contributed by atoms with E-state index in [4.69, 9.17) is 16.3 Å². The van der Waals surface area contributed by atoms with E-state index >= 15 is 0 Å². The number of hydrogen-bond donors (Lipinski definition) is 2. The van der Waals surface area contributed by atoms with Gasteiger partial charge in [0.2, 0.25) is 5.91 Å². The van der Waals surface area contributed by atoms with Crippen molar-refractivity contribution in [2.45, 2.75) is 19.4 Å². The van der Waals surface area contributed by atoms with Gasteiger partial charge in [0, 0.05) is 11.5 Å². The molecule has 20 heavy (non-hydrogen) atoms. The fourth-order valence-corrected chi connectivity index (χ4v) is 1.59. The van der Waals surface area contributed by atoms with Gasteiger partial charge in [-0.2, -0.15) is 10.5 Å². The molecule has 0 aliphatic rings. The molecule has 1 aromatic rings. The summed E-state index contributed by atoms with van der Waals surface area (Å²) in [7, 11) is 0. The fourth-order valence-electron chi connectivity index (χ4n) is 1.59. The summed E-state index contributed by atoms with van der Waals surface area (Å²) in [6.07, 6.45) is 0.161. The molecule has 1 aromatic carbocycles. The van der Waals surface area contributed by atoms with Crippen molar-refractivity contribution in [2.75, 3.05) is 0 Å². The van der Waals surface area contributed by atoms with Crippen molar-refractivity contribution in [2.24, 2.45) is 11.7 Å². The molecule has 0 bridgehead atoms. The standard InChI is InChI=1S/C14H14N4O2/c1-9(7-15)6-12(13(17)19)18-14(20)11-4-2-10(8-16)3-5-11/h2-5,9,12H,6H2,1H3,(H2,17,19)(H,18,20)/t9-,12+/m0/s1. The number of rotatable bonds is 5. The van der Waals surface area contributed by atoms with E-state index < -0.39 is 23.8 Å². The minimum Gasteiger partial charge on any atom is -0.368 e. The van der Waals surface area contributed by atoms with Crippen LogP contribution in [0.3, 0.4) is 0 Å². The van der Waals surface area contributed by atoms with Crippen LogP contribution in [0.5, 0.6) is 0 Å². The molecule has 0 unspecified atom stereocenters. The number of carbonyl (C=O) groups excluding carboxylic acids is 2. The normalized spacial score (nSPS) is 12.6. The highest BCUT2D eigenvalue weighted by atomic mass is 16.2. The Bertz CT molecular complexity index is 581. The van der Waals surface area contributed by atoms with Crippen molar-refractivity contribution in [3.05, 3.63) is 35.4 Å². The van der Waals surface area contributed by atoms with E-state index in [-0.39, 0.29) is 6.42 Å². The van der Waals surface area contributed by atoms with Crippen LogP contribution in [-0.4, -0.2) is 17.9 Å². The van der Waals surface area contributed by atoms with Gasteiger partial charge >= 0.3 is 0 Å². The number of nitrogens with zero attached hydrogens (tertiary/aromatic N) is 2. The highest BCUT2D eigenvalue weighted by molar-refractivity contribution is 5.97. The van der Waals surface area contributed by atoms with E-state index in [0.717, 1.165) is 0 Å². The number of amides is 2. The Balaban J connectivity index is 2.78. The molecule has 6 nitrogen and oxygen atoms in total. The first-order chi connectivity index (χ1) is 9.47. The van der Waals surface area contributed by atoms with Gasteiger partial charge in [0.15, 0.2) is 0 Å². The van der Waals surface area contributed by atoms with Crippen molar-refractivity contribution < 1.29 is 9.59 Å². The van der Waals surface area contributed by atoms with Crippen LogP contribution in [0.1, 0.15) is 29.3 Å². The Kier molecular flexibility index (Phi) is 5.25. The zero-order valence-corrected chi connectivity index (χ0v) is 11.0. The molecule has 2 atom stereocenters. The summed E-state index contributed by atoms with van der Waals surface area (Å²) in [4.78, 5) is 23.2. The lowest BCUT2D eigenvalue weighted by atomic mass is 10.0. The Morgan fingerprint density at radius 1 is 1.30 bits per heavy atom. The molecule has 0 fully saturated rings. The molecule has 0 heterocycles. The molecule has 0 spiro atoms. The smallest absolute Gasteiger partial charge is 0.251 e. The summed E-state index contributed by atoms with van der Waals surface area (Å²) in [6.45, 7) is 1.64. The lowest BCUT2D eigenvalue weighted by Crippen LogP contribution is -2.45. The largest absolute Gasteiger partial charge is 0.368 e. The van der Waals surface area contributed by atoms with Gasteiger partial charge in [-0.05, 0) is 37.6 Å². The second-order valence-electron chi connectivity index (χ2n) is 4.38. The molecule has 3 N–H and O–H groups in total. The molecule has 0 aliphatic heterocycles. The molecule has 6 heteroatoms. The number of nitriles is 2. The lowest BCUT2D eigenvalue weighted by Gasteiger charge is -2.16. The van der Waals surface area contributed by atoms with E-state index in [1.54, 1.807) is 6.92 Å². The maximum Gasteiger partial charge on any atom is 0.251 e. The SMILES string of the molecule is C[C@H](C#N)C[C@@H](NC(=O)c1ccc(C#N)cc1)C(N)=O. The van der Waals surface area contributed by atoms with Crippen LogP contribution in [0, 0.1) is 28.6 Å². The summed E-state index contributed by atoms with van der Waals surface area (Å²) in [5.74, 6) is -1.55. The molecule has 2 amide bonds. The van der Waals surface area contributed by atoms with Gasteiger partial charge in [-0.3, -0.25) is 9.59 Å². The van der Waals surface area contributed by atoms with Crippen molar-refractivity contribution in [1.82, 2.24) is 5.32 Å². The van der Waals surface area contributed by atoms with Crippen molar-refractivity contribution in [3.63, 3.8) is 0 Å². The zero-order chi connectivity index (χ0) is 15.1. The number of benzene rings is 1. The topological polar surface area (TPSA) is 120 Å². The van der Waals surface area contributed by atoms with E-state index in [9.17, 15) is 9.59 Å². The van der Waals surface area contributed by atoms with Crippen LogP contribution < -0.4 is 11.1 Å². The first-order valence-electron chi connectivity index (χ1n) is 5.98. The van der Waals surface area contributed by atoms with Crippen molar-refractivity contribution >= 4 is 11.8 Å². The Hall–Kier alpha value is -2.86. The average molecular weight is 270 g/mol. The van der Waals surface area contributed by atoms with Gasteiger partial charge in [0.1, 0.15) is 6.04 Å². The highest BCUT2D eigenvalue weighted by Gasteiger charge is 2.21. The van der Waals surface area contributed by atoms with Crippen molar-refractivity contribution in [3.8, 4) is 12.1 Å². The van der Waals surface area contributed by atoms with Gasteiger partial charge < -0.3 is 11.1 Å². The van der Waals surface area contributed by atoms with E-state index in [1.165, 1.54) is 24.3 Å². The minimum absolute atomic E-state index is 0.161. The Morgan fingerprint density at radius 3 is 2.35 bits per heavy atom. The van der Waals surface area contributed by atoms with Crippen LogP contribution in [0.2, 0.25) is 0 Å². The maximum atomic E-state index is 11.9. The highest BCUT2D eigenvalue weighted by Crippen LogP contribution is 2.07. The second kappa shape index (κ2) is 6.91. The molecular weight excluding hydrogens is 256 g/mol. The third-order valence-electron chi connectivity index (χ3n) is 2.73. The second-order valence-corrected chi connectivity index (χ2v) is 4.38. The molecule has 102 valence electrons. The summed E-state index contributed by atoms with van der Waals surface area (Å²) in [6, 6.07) is 9.02. The number of hydrogen-bond acceptors (Lipinski definition) is 4. The molecular formula is C14H14N4O2. The number of nitrogens with two attached hydrogens (primary N) is 1. The van der Waals surface area contributed by atoms with Gasteiger partial charge in [-0.15, -0.1) is 0 Å². The first-order valence-corrected chi connectivity index (χ1v) is 5.98. The van der Waals surface area contributed by atoms with Crippen LogP contribution >= 0.6 is 0 Å². The molecule has 0 saturated carbocycles.